The number of hydrogen-bond acceptors (Lipinski definition) is 3. The molecule has 0 aliphatic rings. The van der Waals surface area contributed by atoms with E-state index >= 15 is 0 Å². The zero-order chi connectivity index (χ0) is 14.1. The Labute approximate surface area is 117 Å². The molecule has 0 radical (unpaired) electrons. The van der Waals surface area contributed by atoms with Gasteiger partial charge in [0.25, 0.3) is 0 Å². The molecule has 0 saturated heterocycles. The van der Waals surface area contributed by atoms with Crippen molar-refractivity contribution in [3.63, 3.8) is 0 Å². The summed E-state index contributed by atoms with van der Waals surface area (Å²) in [7, 11) is 0. The highest BCUT2D eigenvalue weighted by Crippen LogP contribution is 2.24. The van der Waals surface area contributed by atoms with Gasteiger partial charge in [-0.1, -0.05) is 32.9 Å². The predicted molar refractivity (Wildman–Crippen MR) is 79.7 cm³/mol. The lowest BCUT2D eigenvalue weighted by molar-refractivity contribution is 0.118. The smallest absolute Gasteiger partial charge is 0.119 e. The first-order valence-electron chi connectivity index (χ1n) is 7.05. The normalized spacial score (nSPS) is 11.6. The second-order valence-corrected chi connectivity index (χ2v) is 5.73. The first kappa shape index (κ1) is 16.0. The van der Waals surface area contributed by atoms with Crippen LogP contribution >= 0.6 is 0 Å². The highest BCUT2D eigenvalue weighted by Gasteiger charge is 2.12. The fraction of sp³-hybridized carbons (Fsp3) is 0.625. The quantitative estimate of drug-likeness (QED) is 0.734. The fourth-order valence-electron chi connectivity index (χ4n) is 1.69. The van der Waals surface area contributed by atoms with Gasteiger partial charge in [-0.15, -0.1) is 0 Å². The van der Waals surface area contributed by atoms with Crippen LogP contribution in [-0.4, -0.2) is 26.4 Å². The molecule has 2 N–H and O–H groups in total. The molecule has 0 unspecified atom stereocenters. The Bertz CT molecular complexity index is 341. The van der Waals surface area contributed by atoms with E-state index in [1.165, 1.54) is 5.56 Å². The summed E-state index contributed by atoms with van der Waals surface area (Å²) in [5.74, 6) is 0.926. The molecule has 108 valence electrons. The summed E-state index contributed by atoms with van der Waals surface area (Å²) in [4.78, 5) is 0. The van der Waals surface area contributed by atoms with E-state index < -0.39 is 0 Å². The Morgan fingerprint density at radius 2 is 1.58 bits per heavy atom. The molecule has 0 aliphatic heterocycles. The Morgan fingerprint density at radius 1 is 0.947 bits per heavy atom. The largest absolute Gasteiger partial charge is 0.494 e. The Hall–Kier alpha value is -1.06. The van der Waals surface area contributed by atoms with Gasteiger partial charge in [0.15, 0.2) is 0 Å². The molecular weight excluding hydrogens is 238 g/mol. The Balaban J connectivity index is 2.20. The van der Waals surface area contributed by atoms with Gasteiger partial charge in [0.05, 0.1) is 6.61 Å². The van der Waals surface area contributed by atoms with Crippen molar-refractivity contribution in [2.45, 2.75) is 39.0 Å². The third kappa shape index (κ3) is 6.60. The lowest BCUT2D eigenvalue weighted by Crippen LogP contribution is -2.10. The van der Waals surface area contributed by atoms with Crippen molar-refractivity contribution in [3.8, 4) is 5.75 Å². The van der Waals surface area contributed by atoms with Crippen molar-refractivity contribution in [1.82, 2.24) is 0 Å². The second kappa shape index (κ2) is 8.18. The Kier molecular flexibility index (Phi) is 6.89. The first-order chi connectivity index (χ1) is 9.04. The van der Waals surface area contributed by atoms with E-state index in [4.69, 9.17) is 15.2 Å². The molecule has 0 fully saturated rings. The summed E-state index contributed by atoms with van der Waals surface area (Å²) in [6.45, 7) is 9.50. The minimum Gasteiger partial charge on any atom is -0.494 e. The van der Waals surface area contributed by atoms with E-state index in [1.54, 1.807) is 0 Å². The van der Waals surface area contributed by atoms with Gasteiger partial charge in [0, 0.05) is 19.6 Å². The van der Waals surface area contributed by atoms with Crippen LogP contribution in [0.1, 0.15) is 39.2 Å². The third-order valence-electron chi connectivity index (χ3n) is 2.91. The standard InChI is InChI=1S/C16H27NO2/c1-16(2,3)14-6-8-15(9-7-14)19-13-5-12-18-11-4-10-17/h6-9H,4-5,10-13,17H2,1-3H3. The monoisotopic (exact) mass is 265 g/mol. The van der Waals surface area contributed by atoms with Crippen molar-refractivity contribution in [2.24, 2.45) is 5.73 Å². The molecule has 0 atom stereocenters. The van der Waals surface area contributed by atoms with E-state index in [9.17, 15) is 0 Å². The number of nitrogens with two attached hydrogens (primary N) is 1. The average molecular weight is 265 g/mol. The third-order valence-corrected chi connectivity index (χ3v) is 2.91. The fourth-order valence-corrected chi connectivity index (χ4v) is 1.69. The molecule has 0 spiro atoms. The van der Waals surface area contributed by atoms with Gasteiger partial charge in [-0.2, -0.15) is 0 Å². The van der Waals surface area contributed by atoms with Crippen LogP contribution in [0.25, 0.3) is 0 Å². The molecule has 0 aliphatic carbocycles. The average Bonchev–Trinajstić information content (AvgIpc) is 2.37. The zero-order valence-corrected chi connectivity index (χ0v) is 12.4. The van der Waals surface area contributed by atoms with Gasteiger partial charge in [-0.05, 0) is 36.1 Å². The van der Waals surface area contributed by atoms with Crippen LogP contribution < -0.4 is 10.5 Å². The lowest BCUT2D eigenvalue weighted by atomic mass is 9.87. The van der Waals surface area contributed by atoms with Crippen LogP contribution in [0.5, 0.6) is 5.75 Å². The Morgan fingerprint density at radius 3 is 2.16 bits per heavy atom. The maximum atomic E-state index is 5.68. The number of ether oxygens (including phenoxy) is 2. The van der Waals surface area contributed by atoms with Crippen LogP contribution in [0.2, 0.25) is 0 Å². The van der Waals surface area contributed by atoms with Crippen LogP contribution in [-0.2, 0) is 10.2 Å². The summed E-state index contributed by atoms with van der Waals surface area (Å²) >= 11 is 0. The van der Waals surface area contributed by atoms with Crippen molar-refractivity contribution >= 4 is 0 Å². The van der Waals surface area contributed by atoms with E-state index in [1.807, 2.05) is 12.1 Å². The summed E-state index contributed by atoms with van der Waals surface area (Å²) in [6, 6.07) is 8.34. The molecule has 1 rings (SSSR count). The van der Waals surface area contributed by atoms with Crippen molar-refractivity contribution in [3.05, 3.63) is 29.8 Å². The van der Waals surface area contributed by atoms with Crippen molar-refractivity contribution < 1.29 is 9.47 Å². The minimum absolute atomic E-state index is 0.190. The zero-order valence-electron chi connectivity index (χ0n) is 12.4. The van der Waals surface area contributed by atoms with Gasteiger partial charge in [0.1, 0.15) is 5.75 Å². The van der Waals surface area contributed by atoms with E-state index in [0.717, 1.165) is 31.8 Å². The summed E-state index contributed by atoms with van der Waals surface area (Å²) in [6.07, 6.45) is 1.83. The molecule has 0 heterocycles. The summed E-state index contributed by atoms with van der Waals surface area (Å²) in [5, 5.41) is 0. The molecule has 1 aromatic rings. The van der Waals surface area contributed by atoms with Crippen LogP contribution in [0.4, 0.5) is 0 Å². The number of rotatable bonds is 8. The molecule has 19 heavy (non-hydrogen) atoms. The SMILES string of the molecule is CC(C)(C)c1ccc(OCCCOCCCN)cc1. The molecule has 0 saturated carbocycles. The van der Waals surface area contributed by atoms with Gasteiger partial charge >= 0.3 is 0 Å². The maximum Gasteiger partial charge on any atom is 0.119 e. The number of hydrogen-bond donors (Lipinski definition) is 1. The minimum atomic E-state index is 0.190. The molecule has 1 aromatic carbocycles. The van der Waals surface area contributed by atoms with Crippen LogP contribution in [0.3, 0.4) is 0 Å². The van der Waals surface area contributed by atoms with Crippen molar-refractivity contribution in [1.29, 1.82) is 0 Å². The highest BCUT2D eigenvalue weighted by atomic mass is 16.5. The van der Waals surface area contributed by atoms with Gasteiger partial charge in [-0.3, -0.25) is 0 Å². The van der Waals surface area contributed by atoms with Crippen molar-refractivity contribution in [2.75, 3.05) is 26.4 Å². The van der Waals surface area contributed by atoms with Crippen LogP contribution in [0, 0.1) is 0 Å². The highest BCUT2D eigenvalue weighted by molar-refractivity contribution is 5.31. The summed E-state index contributed by atoms with van der Waals surface area (Å²) in [5.41, 5.74) is 6.90. The van der Waals surface area contributed by atoms with Crippen LogP contribution in [0.15, 0.2) is 24.3 Å². The van der Waals surface area contributed by atoms with E-state index in [0.29, 0.717) is 13.2 Å². The van der Waals surface area contributed by atoms with E-state index in [-0.39, 0.29) is 5.41 Å². The van der Waals surface area contributed by atoms with Gasteiger partial charge in [0.2, 0.25) is 0 Å². The van der Waals surface area contributed by atoms with E-state index in [2.05, 4.69) is 32.9 Å². The lowest BCUT2D eigenvalue weighted by Gasteiger charge is -2.19. The first-order valence-corrected chi connectivity index (χ1v) is 7.05. The molecule has 3 nitrogen and oxygen atoms in total. The predicted octanol–water partition coefficient (Wildman–Crippen LogP) is 3.12. The molecule has 3 heteroatoms. The molecule has 0 bridgehead atoms. The van der Waals surface area contributed by atoms with Gasteiger partial charge < -0.3 is 15.2 Å². The molecule has 0 aromatic heterocycles. The van der Waals surface area contributed by atoms with Gasteiger partial charge in [-0.25, -0.2) is 0 Å². The topological polar surface area (TPSA) is 44.5 Å². The molecular formula is C16H27NO2. The maximum absolute atomic E-state index is 5.68. The summed E-state index contributed by atoms with van der Waals surface area (Å²) < 4.78 is 11.1. The second-order valence-electron chi connectivity index (χ2n) is 5.73. The molecule has 0 amide bonds. The number of benzene rings is 1.